The van der Waals surface area contributed by atoms with Crippen LogP contribution in [0.3, 0.4) is 0 Å². The van der Waals surface area contributed by atoms with Crippen molar-refractivity contribution in [2.45, 2.75) is 38.3 Å². The standard InChI is InChI=1S/C14H21N3O3/c15-14-6-5-12(17(19)20)8-11(14)9-16-7-3-1-2-4-13(16)10-18/h5-6,8,13,18H,1-4,7,9-10,15H2. The summed E-state index contributed by atoms with van der Waals surface area (Å²) in [5.41, 5.74) is 7.31. The third kappa shape index (κ3) is 3.46. The molecule has 0 aliphatic carbocycles. The number of non-ortho nitro benzene ring substituents is 1. The number of rotatable bonds is 4. The van der Waals surface area contributed by atoms with Gasteiger partial charge in [0.1, 0.15) is 0 Å². The number of likely N-dealkylation sites (tertiary alicyclic amines) is 1. The number of aliphatic hydroxyl groups excluding tert-OH is 1. The number of nitrogen functional groups attached to an aromatic ring is 1. The first-order chi connectivity index (χ1) is 9.61. The van der Waals surface area contributed by atoms with E-state index in [1.165, 1.54) is 12.1 Å². The Balaban J connectivity index is 2.18. The minimum absolute atomic E-state index is 0.0598. The Kier molecular flexibility index (Phi) is 4.92. The smallest absolute Gasteiger partial charge is 0.269 e. The fraction of sp³-hybridized carbons (Fsp3) is 0.571. The fourth-order valence-electron chi connectivity index (χ4n) is 2.71. The van der Waals surface area contributed by atoms with Gasteiger partial charge >= 0.3 is 0 Å². The Morgan fingerprint density at radius 1 is 1.40 bits per heavy atom. The van der Waals surface area contributed by atoms with Crippen LogP contribution in [0.1, 0.15) is 31.2 Å². The first kappa shape index (κ1) is 14.7. The van der Waals surface area contributed by atoms with E-state index in [1.807, 2.05) is 0 Å². The van der Waals surface area contributed by atoms with Gasteiger partial charge in [0.15, 0.2) is 0 Å². The summed E-state index contributed by atoms with van der Waals surface area (Å²) in [4.78, 5) is 12.6. The lowest BCUT2D eigenvalue weighted by molar-refractivity contribution is -0.384. The van der Waals surface area contributed by atoms with E-state index in [2.05, 4.69) is 4.90 Å². The average Bonchev–Trinajstić information content (AvgIpc) is 2.66. The van der Waals surface area contributed by atoms with Crippen molar-refractivity contribution in [2.24, 2.45) is 0 Å². The second kappa shape index (κ2) is 6.67. The Bertz CT molecular complexity index is 479. The van der Waals surface area contributed by atoms with Gasteiger partial charge in [-0.25, -0.2) is 0 Å². The lowest BCUT2D eigenvalue weighted by atomic mass is 10.1. The molecule has 1 saturated heterocycles. The number of hydrogen-bond acceptors (Lipinski definition) is 5. The molecular formula is C14H21N3O3. The van der Waals surface area contributed by atoms with Crippen molar-refractivity contribution in [1.82, 2.24) is 4.90 Å². The number of nitro groups is 1. The van der Waals surface area contributed by atoms with Crippen molar-refractivity contribution < 1.29 is 10.0 Å². The van der Waals surface area contributed by atoms with Crippen LogP contribution in [0.4, 0.5) is 11.4 Å². The number of hydrogen-bond donors (Lipinski definition) is 2. The van der Waals surface area contributed by atoms with Crippen LogP contribution < -0.4 is 5.73 Å². The van der Waals surface area contributed by atoms with E-state index in [0.29, 0.717) is 12.2 Å². The molecule has 1 aliphatic rings. The molecule has 0 spiro atoms. The molecule has 0 aromatic heterocycles. The zero-order valence-corrected chi connectivity index (χ0v) is 11.5. The lowest BCUT2D eigenvalue weighted by Crippen LogP contribution is -2.37. The Labute approximate surface area is 118 Å². The highest BCUT2D eigenvalue weighted by atomic mass is 16.6. The van der Waals surface area contributed by atoms with Gasteiger partial charge in [0.25, 0.3) is 5.69 Å². The molecular weight excluding hydrogens is 258 g/mol. The normalized spacial score (nSPS) is 20.6. The molecule has 0 radical (unpaired) electrons. The molecule has 6 heteroatoms. The van der Waals surface area contributed by atoms with Gasteiger partial charge in [-0.1, -0.05) is 12.8 Å². The second-order valence-corrected chi connectivity index (χ2v) is 5.30. The van der Waals surface area contributed by atoms with Crippen LogP contribution >= 0.6 is 0 Å². The topological polar surface area (TPSA) is 92.6 Å². The summed E-state index contributed by atoms with van der Waals surface area (Å²) in [6.07, 6.45) is 4.33. The van der Waals surface area contributed by atoms with Crippen molar-refractivity contribution >= 4 is 11.4 Å². The Morgan fingerprint density at radius 3 is 2.90 bits per heavy atom. The quantitative estimate of drug-likeness (QED) is 0.499. The third-order valence-corrected chi connectivity index (χ3v) is 3.92. The van der Waals surface area contributed by atoms with Gasteiger partial charge in [-0.2, -0.15) is 0 Å². The lowest BCUT2D eigenvalue weighted by Gasteiger charge is -2.28. The predicted octanol–water partition coefficient (Wildman–Crippen LogP) is 1.91. The molecule has 1 aliphatic heterocycles. The van der Waals surface area contributed by atoms with Crippen molar-refractivity contribution in [3.8, 4) is 0 Å². The van der Waals surface area contributed by atoms with Crippen LogP contribution in [0.5, 0.6) is 0 Å². The molecule has 0 bridgehead atoms. The minimum atomic E-state index is -0.408. The SMILES string of the molecule is Nc1ccc([N+](=O)[O-])cc1CN1CCCCCC1CO. The Morgan fingerprint density at radius 2 is 2.20 bits per heavy atom. The van der Waals surface area contributed by atoms with Crippen LogP contribution in [-0.2, 0) is 6.54 Å². The highest BCUT2D eigenvalue weighted by Crippen LogP contribution is 2.24. The van der Waals surface area contributed by atoms with Gasteiger partial charge in [0, 0.05) is 30.4 Å². The van der Waals surface area contributed by atoms with Gasteiger partial charge in [0.05, 0.1) is 11.5 Å². The number of aliphatic hydroxyl groups is 1. The number of nitrogens with zero attached hydrogens (tertiary/aromatic N) is 2. The van der Waals surface area contributed by atoms with Crippen LogP contribution in [0.15, 0.2) is 18.2 Å². The molecule has 1 fully saturated rings. The molecule has 1 heterocycles. The number of nitrogens with two attached hydrogens (primary N) is 1. The maximum absolute atomic E-state index is 10.8. The van der Waals surface area contributed by atoms with E-state index in [1.54, 1.807) is 6.07 Å². The fourth-order valence-corrected chi connectivity index (χ4v) is 2.71. The van der Waals surface area contributed by atoms with E-state index in [-0.39, 0.29) is 18.3 Å². The summed E-state index contributed by atoms with van der Waals surface area (Å²) in [6.45, 7) is 1.57. The highest BCUT2D eigenvalue weighted by Gasteiger charge is 2.21. The van der Waals surface area contributed by atoms with Crippen LogP contribution in [-0.4, -0.2) is 34.1 Å². The summed E-state index contributed by atoms with van der Waals surface area (Å²) in [7, 11) is 0. The van der Waals surface area contributed by atoms with Crippen molar-refractivity contribution in [2.75, 3.05) is 18.9 Å². The summed E-state index contributed by atoms with van der Waals surface area (Å²) >= 11 is 0. The number of benzene rings is 1. The van der Waals surface area contributed by atoms with Crippen LogP contribution in [0, 0.1) is 10.1 Å². The molecule has 110 valence electrons. The zero-order valence-electron chi connectivity index (χ0n) is 11.5. The first-order valence-electron chi connectivity index (χ1n) is 6.99. The predicted molar refractivity (Wildman–Crippen MR) is 77.3 cm³/mol. The largest absolute Gasteiger partial charge is 0.398 e. The molecule has 1 unspecified atom stereocenters. The van der Waals surface area contributed by atoms with Gasteiger partial charge in [-0.3, -0.25) is 15.0 Å². The van der Waals surface area contributed by atoms with E-state index >= 15 is 0 Å². The number of nitro benzene ring substituents is 1. The molecule has 2 rings (SSSR count). The first-order valence-corrected chi connectivity index (χ1v) is 6.99. The molecule has 3 N–H and O–H groups in total. The van der Waals surface area contributed by atoms with Crippen molar-refractivity contribution in [1.29, 1.82) is 0 Å². The Hall–Kier alpha value is -1.66. The van der Waals surface area contributed by atoms with Crippen LogP contribution in [0.2, 0.25) is 0 Å². The summed E-state index contributed by atoms with van der Waals surface area (Å²) < 4.78 is 0. The van der Waals surface area contributed by atoms with Gasteiger partial charge in [-0.15, -0.1) is 0 Å². The van der Waals surface area contributed by atoms with Gasteiger partial charge in [0.2, 0.25) is 0 Å². The second-order valence-electron chi connectivity index (χ2n) is 5.30. The van der Waals surface area contributed by atoms with Crippen molar-refractivity contribution in [3.05, 3.63) is 33.9 Å². The molecule has 6 nitrogen and oxygen atoms in total. The maximum Gasteiger partial charge on any atom is 0.269 e. The molecule has 1 aromatic carbocycles. The van der Waals surface area contributed by atoms with E-state index in [9.17, 15) is 15.2 Å². The van der Waals surface area contributed by atoms with Gasteiger partial charge in [-0.05, 0) is 31.0 Å². The summed E-state index contributed by atoms with van der Waals surface area (Å²) in [5.74, 6) is 0. The molecule has 1 aromatic rings. The molecule has 0 amide bonds. The van der Waals surface area contributed by atoms with E-state index in [4.69, 9.17) is 5.73 Å². The number of anilines is 1. The third-order valence-electron chi connectivity index (χ3n) is 3.92. The highest BCUT2D eigenvalue weighted by molar-refractivity contribution is 5.52. The monoisotopic (exact) mass is 279 g/mol. The average molecular weight is 279 g/mol. The molecule has 0 saturated carbocycles. The van der Waals surface area contributed by atoms with Crippen LogP contribution in [0.25, 0.3) is 0 Å². The van der Waals surface area contributed by atoms with E-state index in [0.717, 1.165) is 37.8 Å². The van der Waals surface area contributed by atoms with Crippen molar-refractivity contribution in [3.63, 3.8) is 0 Å². The minimum Gasteiger partial charge on any atom is -0.398 e. The van der Waals surface area contributed by atoms with Gasteiger partial charge < -0.3 is 10.8 Å². The summed E-state index contributed by atoms with van der Waals surface area (Å²) in [5, 5.41) is 20.3. The maximum atomic E-state index is 10.8. The molecule has 20 heavy (non-hydrogen) atoms. The summed E-state index contributed by atoms with van der Waals surface area (Å²) in [6, 6.07) is 4.66. The van der Waals surface area contributed by atoms with E-state index < -0.39 is 4.92 Å². The zero-order chi connectivity index (χ0) is 14.5. The molecule has 1 atom stereocenters.